The van der Waals surface area contributed by atoms with E-state index >= 15 is 0 Å². The Morgan fingerprint density at radius 1 is 1.29 bits per heavy atom. The molecule has 1 aliphatic rings. The van der Waals surface area contributed by atoms with Crippen LogP contribution >= 0.6 is 11.6 Å². The molecule has 0 radical (unpaired) electrons. The van der Waals surface area contributed by atoms with Gasteiger partial charge in [0.05, 0.1) is 5.02 Å². The number of halogens is 1. The maximum atomic E-state index is 12.4. The second-order valence-electron chi connectivity index (χ2n) is 5.62. The Morgan fingerprint density at radius 2 is 2.00 bits per heavy atom. The van der Waals surface area contributed by atoms with Crippen molar-refractivity contribution in [2.45, 2.75) is 57.9 Å². The minimum atomic E-state index is -0.160. The fourth-order valence-corrected chi connectivity index (χ4v) is 2.82. The first kappa shape index (κ1) is 16.1. The van der Waals surface area contributed by atoms with Gasteiger partial charge in [-0.25, -0.2) is 4.98 Å². The molecule has 0 aromatic carbocycles. The van der Waals surface area contributed by atoms with Crippen molar-refractivity contribution in [2.24, 2.45) is 0 Å². The highest BCUT2D eigenvalue weighted by Crippen LogP contribution is 2.20. The van der Waals surface area contributed by atoms with Crippen LogP contribution in [0.4, 0.5) is 5.82 Å². The first-order valence-electron chi connectivity index (χ1n) is 7.92. The third kappa shape index (κ3) is 4.88. The molecule has 1 saturated carbocycles. The second-order valence-corrected chi connectivity index (χ2v) is 6.02. The third-order valence-electron chi connectivity index (χ3n) is 3.81. The Morgan fingerprint density at radius 3 is 2.67 bits per heavy atom. The Balaban J connectivity index is 2.03. The number of pyridine rings is 1. The van der Waals surface area contributed by atoms with Gasteiger partial charge in [-0.15, -0.1) is 0 Å². The lowest BCUT2D eigenvalue weighted by Gasteiger charge is -2.16. The molecule has 1 heterocycles. The topological polar surface area (TPSA) is 54.0 Å². The van der Waals surface area contributed by atoms with Crippen LogP contribution in [0.3, 0.4) is 0 Å². The van der Waals surface area contributed by atoms with Crippen LogP contribution < -0.4 is 10.6 Å². The summed E-state index contributed by atoms with van der Waals surface area (Å²) in [6, 6.07) is 3.79. The molecule has 2 rings (SSSR count). The number of hydrogen-bond donors (Lipinski definition) is 2. The quantitative estimate of drug-likeness (QED) is 0.808. The zero-order valence-corrected chi connectivity index (χ0v) is 13.4. The van der Waals surface area contributed by atoms with Gasteiger partial charge in [0.2, 0.25) is 0 Å². The predicted octanol–water partition coefficient (Wildman–Crippen LogP) is 4.01. The van der Waals surface area contributed by atoms with Gasteiger partial charge in [-0.05, 0) is 31.4 Å². The van der Waals surface area contributed by atoms with E-state index in [2.05, 4.69) is 22.5 Å². The van der Waals surface area contributed by atoms with Gasteiger partial charge in [-0.1, -0.05) is 44.2 Å². The maximum Gasteiger partial charge on any atom is 0.271 e. The van der Waals surface area contributed by atoms with Gasteiger partial charge in [0.15, 0.2) is 0 Å². The van der Waals surface area contributed by atoms with Gasteiger partial charge in [-0.2, -0.15) is 0 Å². The molecule has 1 aromatic rings. The van der Waals surface area contributed by atoms with Crippen LogP contribution in [-0.2, 0) is 0 Å². The molecule has 4 nitrogen and oxygen atoms in total. The first-order chi connectivity index (χ1) is 10.2. The van der Waals surface area contributed by atoms with Crippen molar-refractivity contribution in [3.8, 4) is 0 Å². The zero-order valence-electron chi connectivity index (χ0n) is 12.6. The molecule has 2 N–H and O–H groups in total. The molecule has 0 spiro atoms. The highest BCUT2D eigenvalue weighted by Gasteiger charge is 2.19. The van der Waals surface area contributed by atoms with E-state index in [-0.39, 0.29) is 11.9 Å². The number of anilines is 1. The molecule has 0 aliphatic heterocycles. The fraction of sp³-hybridized carbons (Fsp3) is 0.625. The molecule has 1 amide bonds. The number of rotatable bonds is 5. The predicted molar refractivity (Wildman–Crippen MR) is 87.0 cm³/mol. The summed E-state index contributed by atoms with van der Waals surface area (Å²) in [7, 11) is 0. The zero-order chi connectivity index (χ0) is 15.1. The first-order valence-corrected chi connectivity index (χ1v) is 8.29. The summed E-state index contributed by atoms with van der Waals surface area (Å²) in [5.41, 5.74) is 0.321. The highest BCUT2D eigenvalue weighted by atomic mass is 35.5. The van der Waals surface area contributed by atoms with Gasteiger partial charge >= 0.3 is 0 Å². The largest absolute Gasteiger partial charge is 0.370 e. The van der Waals surface area contributed by atoms with Gasteiger partial charge < -0.3 is 10.6 Å². The van der Waals surface area contributed by atoms with Crippen LogP contribution in [0.2, 0.25) is 5.02 Å². The van der Waals surface area contributed by atoms with Crippen LogP contribution in [0.5, 0.6) is 0 Å². The molecular formula is C16H24ClN3O. The second kappa shape index (κ2) is 8.23. The molecule has 0 unspecified atom stereocenters. The van der Waals surface area contributed by atoms with E-state index in [0.29, 0.717) is 16.5 Å². The molecule has 116 valence electrons. The SMILES string of the molecule is CCCNc1ccc(Cl)c(C(=O)NC2CCCCCC2)n1. The third-order valence-corrected chi connectivity index (χ3v) is 4.11. The summed E-state index contributed by atoms with van der Waals surface area (Å²) in [6.07, 6.45) is 8.01. The average Bonchev–Trinajstić information content (AvgIpc) is 2.75. The number of carbonyl (C=O) groups excluding carboxylic acids is 1. The van der Waals surface area contributed by atoms with Crippen molar-refractivity contribution in [2.75, 3.05) is 11.9 Å². The van der Waals surface area contributed by atoms with E-state index in [9.17, 15) is 4.79 Å². The monoisotopic (exact) mass is 309 g/mol. The summed E-state index contributed by atoms with van der Waals surface area (Å²) < 4.78 is 0. The number of amides is 1. The molecule has 21 heavy (non-hydrogen) atoms. The van der Waals surface area contributed by atoms with Gasteiger partial charge in [0.1, 0.15) is 11.5 Å². The fourth-order valence-electron chi connectivity index (χ4n) is 2.63. The van der Waals surface area contributed by atoms with E-state index < -0.39 is 0 Å². The summed E-state index contributed by atoms with van der Waals surface area (Å²) in [5, 5.41) is 6.67. The molecule has 5 heteroatoms. The number of hydrogen-bond acceptors (Lipinski definition) is 3. The summed E-state index contributed by atoms with van der Waals surface area (Å²) in [5.74, 6) is 0.541. The van der Waals surface area contributed by atoms with E-state index in [1.807, 2.05) is 0 Å². The smallest absolute Gasteiger partial charge is 0.271 e. The van der Waals surface area contributed by atoms with E-state index in [4.69, 9.17) is 11.6 Å². The van der Waals surface area contributed by atoms with Gasteiger partial charge in [0.25, 0.3) is 5.91 Å². The van der Waals surface area contributed by atoms with Crippen molar-refractivity contribution in [3.05, 3.63) is 22.8 Å². The Bertz CT molecular complexity index is 471. The van der Waals surface area contributed by atoms with Gasteiger partial charge in [-0.3, -0.25) is 4.79 Å². The van der Waals surface area contributed by atoms with Crippen LogP contribution in [0.15, 0.2) is 12.1 Å². The molecule has 1 aromatic heterocycles. The molecular weight excluding hydrogens is 286 g/mol. The number of nitrogens with zero attached hydrogens (tertiary/aromatic N) is 1. The Labute approximate surface area is 131 Å². The standard InChI is InChI=1S/C16H24ClN3O/c1-2-11-18-14-10-9-13(17)15(20-14)16(21)19-12-7-5-3-4-6-8-12/h9-10,12H,2-8,11H2,1H3,(H,18,20)(H,19,21). The number of carbonyl (C=O) groups is 1. The van der Waals surface area contributed by atoms with E-state index in [0.717, 1.165) is 25.8 Å². The number of nitrogens with one attached hydrogen (secondary N) is 2. The summed E-state index contributed by atoms with van der Waals surface area (Å²) in [4.78, 5) is 16.7. The van der Waals surface area contributed by atoms with Crippen molar-refractivity contribution < 1.29 is 4.79 Å². The van der Waals surface area contributed by atoms with E-state index in [1.54, 1.807) is 12.1 Å². The normalized spacial score (nSPS) is 16.3. The Hall–Kier alpha value is -1.29. The van der Waals surface area contributed by atoms with Crippen molar-refractivity contribution in [1.29, 1.82) is 0 Å². The lowest BCUT2D eigenvalue weighted by atomic mass is 10.1. The molecule has 0 bridgehead atoms. The Kier molecular flexibility index (Phi) is 6.30. The molecule has 0 atom stereocenters. The lowest BCUT2D eigenvalue weighted by Crippen LogP contribution is -2.35. The minimum absolute atomic E-state index is 0.160. The molecule has 1 aliphatic carbocycles. The minimum Gasteiger partial charge on any atom is -0.370 e. The lowest BCUT2D eigenvalue weighted by molar-refractivity contribution is 0.0928. The highest BCUT2D eigenvalue weighted by molar-refractivity contribution is 6.33. The maximum absolute atomic E-state index is 12.4. The summed E-state index contributed by atoms with van der Waals surface area (Å²) >= 11 is 6.12. The van der Waals surface area contributed by atoms with Crippen LogP contribution in [-0.4, -0.2) is 23.5 Å². The van der Waals surface area contributed by atoms with Crippen molar-refractivity contribution >= 4 is 23.3 Å². The van der Waals surface area contributed by atoms with Crippen LogP contribution in [0, 0.1) is 0 Å². The van der Waals surface area contributed by atoms with E-state index in [1.165, 1.54) is 25.7 Å². The average molecular weight is 310 g/mol. The molecule has 1 fully saturated rings. The van der Waals surface area contributed by atoms with Gasteiger partial charge in [0, 0.05) is 12.6 Å². The van der Waals surface area contributed by atoms with Crippen LogP contribution in [0.25, 0.3) is 0 Å². The van der Waals surface area contributed by atoms with Crippen molar-refractivity contribution in [3.63, 3.8) is 0 Å². The van der Waals surface area contributed by atoms with Crippen molar-refractivity contribution in [1.82, 2.24) is 10.3 Å². The molecule has 0 saturated heterocycles. The summed E-state index contributed by atoms with van der Waals surface area (Å²) in [6.45, 7) is 2.92. The number of aromatic nitrogens is 1. The van der Waals surface area contributed by atoms with Crippen LogP contribution in [0.1, 0.15) is 62.4 Å².